The predicted octanol–water partition coefficient (Wildman–Crippen LogP) is 1.22. The summed E-state index contributed by atoms with van der Waals surface area (Å²) in [5, 5.41) is 5.36. The molecule has 1 atom stereocenters. The van der Waals surface area contributed by atoms with Gasteiger partial charge in [0.2, 0.25) is 11.8 Å². The monoisotopic (exact) mass is 282 g/mol. The first-order valence-electron chi connectivity index (χ1n) is 6.67. The molecule has 1 aliphatic rings. The molecule has 1 aromatic heterocycles. The normalized spacial score (nSPS) is 17.3. The highest BCUT2D eigenvalue weighted by Gasteiger charge is 2.27. The Morgan fingerprint density at radius 1 is 1.19 bits per heavy atom. The van der Waals surface area contributed by atoms with Gasteiger partial charge in [0.25, 0.3) is 0 Å². The SMILES string of the molecule is O=C1CC(C(=O)Nc2cnc(-c3ccccc3)nc2)CN1. The van der Waals surface area contributed by atoms with Crippen LogP contribution in [0.2, 0.25) is 0 Å². The van der Waals surface area contributed by atoms with Crippen molar-refractivity contribution < 1.29 is 9.59 Å². The fourth-order valence-corrected chi connectivity index (χ4v) is 2.16. The second-order valence-electron chi connectivity index (χ2n) is 4.86. The van der Waals surface area contributed by atoms with Crippen LogP contribution in [0.15, 0.2) is 42.7 Å². The van der Waals surface area contributed by atoms with Crippen LogP contribution in [0.1, 0.15) is 6.42 Å². The summed E-state index contributed by atoms with van der Waals surface area (Å²) in [5.41, 5.74) is 1.44. The molecule has 0 radical (unpaired) electrons. The maximum absolute atomic E-state index is 12.0. The van der Waals surface area contributed by atoms with Gasteiger partial charge in [0.1, 0.15) is 0 Å². The molecular formula is C15H14N4O2. The molecule has 0 aliphatic carbocycles. The second kappa shape index (κ2) is 5.70. The summed E-state index contributed by atoms with van der Waals surface area (Å²) >= 11 is 0. The molecule has 0 bridgehead atoms. The summed E-state index contributed by atoms with van der Waals surface area (Å²) in [7, 11) is 0. The van der Waals surface area contributed by atoms with Crippen LogP contribution >= 0.6 is 0 Å². The van der Waals surface area contributed by atoms with E-state index in [4.69, 9.17) is 0 Å². The van der Waals surface area contributed by atoms with E-state index in [0.29, 0.717) is 18.1 Å². The van der Waals surface area contributed by atoms with Gasteiger partial charge in [-0.05, 0) is 0 Å². The Morgan fingerprint density at radius 2 is 1.90 bits per heavy atom. The maximum atomic E-state index is 12.0. The standard InChI is InChI=1S/C15H14N4O2/c20-13-6-11(7-16-13)15(21)19-12-8-17-14(18-9-12)10-4-2-1-3-5-10/h1-5,8-9,11H,6-7H2,(H,16,20)(H,19,21). The van der Waals surface area contributed by atoms with Gasteiger partial charge < -0.3 is 10.6 Å². The van der Waals surface area contributed by atoms with Gasteiger partial charge in [-0.15, -0.1) is 0 Å². The van der Waals surface area contributed by atoms with Gasteiger partial charge in [0.15, 0.2) is 5.82 Å². The van der Waals surface area contributed by atoms with Gasteiger partial charge in [-0.2, -0.15) is 0 Å². The van der Waals surface area contributed by atoms with Crippen molar-refractivity contribution in [1.82, 2.24) is 15.3 Å². The third kappa shape index (κ3) is 3.05. The number of amides is 2. The van der Waals surface area contributed by atoms with Gasteiger partial charge in [0, 0.05) is 18.5 Å². The lowest BCUT2D eigenvalue weighted by Crippen LogP contribution is -2.24. The largest absolute Gasteiger partial charge is 0.355 e. The summed E-state index contributed by atoms with van der Waals surface area (Å²) in [4.78, 5) is 31.5. The molecule has 6 heteroatoms. The lowest BCUT2D eigenvalue weighted by atomic mass is 10.1. The number of benzene rings is 1. The van der Waals surface area contributed by atoms with E-state index in [1.807, 2.05) is 30.3 Å². The highest BCUT2D eigenvalue weighted by atomic mass is 16.2. The van der Waals surface area contributed by atoms with Gasteiger partial charge in [-0.25, -0.2) is 9.97 Å². The number of rotatable bonds is 3. The van der Waals surface area contributed by atoms with Crippen LogP contribution in [0.5, 0.6) is 0 Å². The molecule has 1 saturated heterocycles. The first kappa shape index (κ1) is 13.2. The molecule has 1 aromatic carbocycles. The van der Waals surface area contributed by atoms with E-state index >= 15 is 0 Å². The number of hydrogen-bond donors (Lipinski definition) is 2. The molecule has 1 aliphatic heterocycles. The van der Waals surface area contributed by atoms with Crippen LogP contribution in [0.25, 0.3) is 11.4 Å². The third-order valence-electron chi connectivity index (χ3n) is 3.30. The van der Waals surface area contributed by atoms with Gasteiger partial charge in [0.05, 0.1) is 24.0 Å². The minimum absolute atomic E-state index is 0.0918. The zero-order chi connectivity index (χ0) is 14.7. The molecule has 106 valence electrons. The third-order valence-corrected chi connectivity index (χ3v) is 3.30. The fraction of sp³-hybridized carbons (Fsp3) is 0.200. The van der Waals surface area contributed by atoms with Crippen molar-refractivity contribution in [2.75, 3.05) is 11.9 Å². The Balaban J connectivity index is 1.67. The van der Waals surface area contributed by atoms with Crippen LogP contribution in [0, 0.1) is 5.92 Å². The van der Waals surface area contributed by atoms with E-state index in [2.05, 4.69) is 20.6 Å². The van der Waals surface area contributed by atoms with Gasteiger partial charge in [-0.3, -0.25) is 9.59 Å². The van der Waals surface area contributed by atoms with Crippen LogP contribution in [-0.2, 0) is 9.59 Å². The summed E-state index contributed by atoms with van der Waals surface area (Å²) < 4.78 is 0. The molecule has 2 heterocycles. The molecule has 0 spiro atoms. The number of nitrogens with one attached hydrogen (secondary N) is 2. The smallest absolute Gasteiger partial charge is 0.229 e. The molecule has 1 fully saturated rings. The van der Waals surface area contributed by atoms with Gasteiger partial charge >= 0.3 is 0 Å². The summed E-state index contributed by atoms with van der Waals surface area (Å²) in [6, 6.07) is 9.60. The highest BCUT2D eigenvalue weighted by Crippen LogP contribution is 2.16. The molecule has 6 nitrogen and oxygen atoms in total. The molecular weight excluding hydrogens is 268 g/mol. The molecule has 1 unspecified atom stereocenters. The first-order valence-corrected chi connectivity index (χ1v) is 6.67. The lowest BCUT2D eigenvalue weighted by molar-refractivity contribution is -0.123. The van der Waals surface area contributed by atoms with E-state index in [0.717, 1.165) is 5.56 Å². The number of aromatic nitrogens is 2. The van der Waals surface area contributed by atoms with Crippen molar-refractivity contribution >= 4 is 17.5 Å². The molecule has 3 rings (SSSR count). The fourth-order valence-electron chi connectivity index (χ4n) is 2.16. The van der Waals surface area contributed by atoms with E-state index in [1.54, 1.807) is 12.4 Å². The Morgan fingerprint density at radius 3 is 2.52 bits per heavy atom. The van der Waals surface area contributed by atoms with Crippen LogP contribution in [-0.4, -0.2) is 28.3 Å². The predicted molar refractivity (Wildman–Crippen MR) is 77.2 cm³/mol. The maximum Gasteiger partial charge on any atom is 0.229 e. The minimum atomic E-state index is -0.328. The average Bonchev–Trinajstić information content (AvgIpc) is 2.96. The molecule has 2 amide bonds. The van der Waals surface area contributed by atoms with Crippen LogP contribution in [0.3, 0.4) is 0 Å². The lowest BCUT2D eigenvalue weighted by Gasteiger charge is -2.08. The quantitative estimate of drug-likeness (QED) is 0.886. The molecule has 0 saturated carbocycles. The Bertz CT molecular complexity index is 655. The van der Waals surface area contributed by atoms with E-state index < -0.39 is 0 Å². The van der Waals surface area contributed by atoms with Crippen LogP contribution in [0.4, 0.5) is 5.69 Å². The topological polar surface area (TPSA) is 84.0 Å². The highest BCUT2D eigenvalue weighted by molar-refractivity contribution is 5.97. The number of carbonyl (C=O) groups excluding carboxylic acids is 2. The van der Waals surface area contributed by atoms with Crippen molar-refractivity contribution in [1.29, 1.82) is 0 Å². The van der Waals surface area contributed by atoms with E-state index in [-0.39, 0.29) is 24.2 Å². The van der Waals surface area contributed by atoms with E-state index in [9.17, 15) is 9.59 Å². The molecule has 2 aromatic rings. The molecule has 2 N–H and O–H groups in total. The first-order chi connectivity index (χ1) is 10.2. The van der Waals surface area contributed by atoms with E-state index in [1.165, 1.54) is 0 Å². The Labute approximate surface area is 121 Å². The number of nitrogens with zero attached hydrogens (tertiary/aromatic N) is 2. The molecule has 21 heavy (non-hydrogen) atoms. The van der Waals surface area contributed by atoms with Gasteiger partial charge in [-0.1, -0.05) is 30.3 Å². The zero-order valence-electron chi connectivity index (χ0n) is 11.2. The Kier molecular flexibility index (Phi) is 3.59. The average molecular weight is 282 g/mol. The zero-order valence-corrected chi connectivity index (χ0v) is 11.2. The number of carbonyl (C=O) groups is 2. The van der Waals surface area contributed by atoms with Crippen molar-refractivity contribution in [3.8, 4) is 11.4 Å². The van der Waals surface area contributed by atoms with Crippen molar-refractivity contribution in [2.24, 2.45) is 5.92 Å². The minimum Gasteiger partial charge on any atom is -0.355 e. The summed E-state index contributed by atoms with van der Waals surface area (Å²) in [6.45, 7) is 0.383. The second-order valence-corrected chi connectivity index (χ2v) is 4.86. The summed E-state index contributed by atoms with van der Waals surface area (Å²) in [6.07, 6.45) is 3.36. The summed E-state index contributed by atoms with van der Waals surface area (Å²) in [5.74, 6) is -0.00662. The Hall–Kier alpha value is -2.76. The van der Waals surface area contributed by atoms with Crippen molar-refractivity contribution in [3.05, 3.63) is 42.7 Å². The number of anilines is 1. The van der Waals surface area contributed by atoms with Crippen molar-refractivity contribution in [3.63, 3.8) is 0 Å². The van der Waals surface area contributed by atoms with Crippen molar-refractivity contribution in [2.45, 2.75) is 6.42 Å². The number of hydrogen-bond acceptors (Lipinski definition) is 4. The van der Waals surface area contributed by atoms with Crippen LogP contribution < -0.4 is 10.6 Å².